The number of carboxylic acids is 1. The van der Waals surface area contributed by atoms with E-state index in [0.717, 1.165) is 4.90 Å². The predicted octanol–water partition coefficient (Wildman–Crippen LogP) is 2.90. The van der Waals surface area contributed by atoms with Crippen molar-refractivity contribution in [2.24, 2.45) is 0 Å². The van der Waals surface area contributed by atoms with Crippen LogP contribution >= 0.6 is 11.8 Å². The maximum atomic E-state index is 14.1. The predicted molar refractivity (Wildman–Crippen MR) is 77.0 cm³/mol. The van der Waals surface area contributed by atoms with Gasteiger partial charge in [-0.1, -0.05) is 23.9 Å². The molecule has 0 aromatic heterocycles. The maximum absolute atomic E-state index is 14.1. The second-order valence-electron chi connectivity index (χ2n) is 4.51. The van der Waals surface area contributed by atoms with Gasteiger partial charge in [-0.05, 0) is 24.3 Å². The Labute approximate surface area is 129 Å². The summed E-state index contributed by atoms with van der Waals surface area (Å²) in [6, 6.07) is 9.79. The smallest absolute Gasteiger partial charge is 0.322 e. The number of carbonyl (C=O) groups is 2. The second kappa shape index (κ2) is 5.69. The van der Waals surface area contributed by atoms with E-state index in [2.05, 4.69) is 5.32 Å². The van der Waals surface area contributed by atoms with Gasteiger partial charge in [0.2, 0.25) is 0 Å². The van der Waals surface area contributed by atoms with Gasteiger partial charge in [-0.2, -0.15) is 0 Å². The number of rotatable bonds is 3. The van der Waals surface area contributed by atoms with Crippen molar-refractivity contribution in [2.45, 2.75) is 9.79 Å². The van der Waals surface area contributed by atoms with Gasteiger partial charge < -0.3 is 15.2 Å². The number of aliphatic carboxylic acids is 1. The molecule has 22 heavy (non-hydrogen) atoms. The van der Waals surface area contributed by atoms with Crippen molar-refractivity contribution in [1.29, 1.82) is 0 Å². The number of para-hydroxylation sites is 1. The molecule has 0 aliphatic carbocycles. The average Bonchev–Trinajstić information content (AvgIpc) is 2.50. The molecule has 0 saturated carbocycles. The largest absolute Gasteiger partial charge is 0.480 e. The molecule has 0 atom stereocenters. The summed E-state index contributed by atoms with van der Waals surface area (Å²) in [5, 5.41) is 10.7. The Morgan fingerprint density at radius 2 is 1.95 bits per heavy atom. The van der Waals surface area contributed by atoms with E-state index in [1.165, 1.54) is 23.9 Å². The lowest BCUT2D eigenvalue weighted by Gasteiger charge is -2.20. The molecule has 0 bridgehead atoms. The molecule has 0 radical (unpaired) electrons. The molecule has 1 aliphatic rings. The van der Waals surface area contributed by atoms with E-state index in [9.17, 15) is 14.0 Å². The highest BCUT2D eigenvalue weighted by atomic mass is 32.2. The number of benzene rings is 2. The topological polar surface area (TPSA) is 75.6 Å². The average molecular weight is 319 g/mol. The third-order valence-corrected chi connectivity index (χ3v) is 4.06. The summed E-state index contributed by atoms with van der Waals surface area (Å²) in [6.45, 7) is -0.576. The first kappa shape index (κ1) is 14.4. The van der Waals surface area contributed by atoms with Crippen LogP contribution < -0.4 is 10.1 Å². The fraction of sp³-hybridized carbons (Fsp3) is 0.0667. The Hall–Kier alpha value is -2.54. The van der Waals surface area contributed by atoms with Crippen molar-refractivity contribution in [3.8, 4) is 11.5 Å². The van der Waals surface area contributed by atoms with E-state index in [4.69, 9.17) is 9.84 Å². The Balaban J connectivity index is 1.91. The van der Waals surface area contributed by atoms with Crippen molar-refractivity contribution >= 4 is 23.6 Å². The normalized spacial score (nSPS) is 11.9. The minimum atomic E-state index is -1.20. The molecular formula is C15H10FNO4S. The van der Waals surface area contributed by atoms with E-state index >= 15 is 0 Å². The Morgan fingerprint density at radius 1 is 1.18 bits per heavy atom. The fourth-order valence-electron chi connectivity index (χ4n) is 1.98. The van der Waals surface area contributed by atoms with E-state index in [1.807, 2.05) is 18.2 Å². The van der Waals surface area contributed by atoms with Crippen LogP contribution in [0.1, 0.15) is 10.4 Å². The molecule has 0 unspecified atom stereocenters. The third kappa shape index (κ3) is 2.75. The summed E-state index contributed by atoms with van der Waals surface area (Å²) in [7, 11) is 0. The molecule has 0 spiro atoms. The molecule has 2 aromatic rings. The lowest BCUT2D eigenvalue weighted by Crippen LogP contribution is -2.30. The van der Waals surface area contributed by atoms with Crippen molar-refractivity contribution < 1.29 is 23.8 Å². The molecule has 3 rings (SSSR count). The highest BCUT2D eigenvalue weighted by Crippen LogP contribution is 2.47. The Bertz CT molecular complexity index is 778. The zero-order chi connectivity index (χ0) is 15.7. The molecule has 0 saturated heterocycles. The number of hydrogen-bond donors (Lipinski definition) is 2. The van der Waals surface area contributed by atoms with Crippen LogP contribution in [0.3, 0.4) is 0 Å². The van der Waals surface area contributed by atoms with Crippen molar-refractivity contribution in [3.05, 3.63) is 47.8 Å². The highest BCUT2D eigenvalue weighted by Gasteiger charge is 2.22. The van der Waals surface area contributed by atoms with Crippen LogP contribution in [-0.4, -0.2) is 23.5 Å². The standard InChI is InChI=1S/C15H10FNO4S/c16-9-6-13-11(5-8(9)15(20)17-7-14(18)19)21-10-3-1-2-4-12(10)22-13/h1-6H,7H2,(H,17,20)(H,18,19). The van der Waals surface area contributed by atoms with Gasteiger partial charge in [0.25, 0.3) is 5.91 Å². The van der Waals surface area contributed by atoms with Gasteiger partial charge in [0, 0.05) is 0 Å². The number of amides is 1. The van der Waals surface area contributed by atoms with Crippen molar-refractivity contribution in [2.75, 3.05) is 6.54 Å². The minimum Gasteiger partial charge on any atom is -0.480 e. The summed E-state index contributed by atoms with van der Waals surface area (Å²) in [6.07, 6.45) is 0. The highest BCUT2D eigenvalue weighted by molar-refractivity contribution is 7.99. The van der Waals surface area contributed by atoms with Crippen LogP contribution in [0.2, 0.25) is 0 Å². The number of carboxylic acid groups (broad SMARTS) is 1. The molecule has 1 heterocycles. The number of nitrogens with one attached hydrogen (secondary N) is 1. The lowest BCUT2D eigenvalue weighted by atomic mass is 10.2. The number of ether oxygens (including phenoxy) is 1. The first-order chi connectivity index (χ1) is 10.5. The van der Waals surface area contributed by atoms with E-state index in [-0.39, 0.29) is 5.56 Å². The van der Waals surface area contributed by atoms with Gasteiger partial charge in [-0.3, -0.25) is 9.59 Å². The minimum absolute atomic E-state index is 0.250. The first-order valence-corrected chi connectivity index (χ1v) is 7.14. The summed E-state index contributed by atoms with van der Waals surface area (Å²) in [5.74, 6) is -1.73. The SMILES string of the molecule is O=C(O)CNC(=O)c1cc2c(cc1F)Sc1ccccc1O2. The molecular weight excluding hydrogens is 309 g/mol. The molecule has 1 amide bonds. The zero-order valence-electron chi connectivity index (χ0n) is 11.1. The van der Waals surface area contributed by atoms with Crippen LogP contribution in [0.15, 0.2) is 46.2 Å². The number of halogens is 1. The number of fused-ring (bicyclic) bond motifs is 2. The summed E-state index contributed by atoms with van der Waals surface area (Å²) >= 11 is 1.34. The molecule has 1 aliphatic heterocycles. The van der Waals surface area contributed by atoms with Crippen LogP contribution in [-0.2, 0) is 4.79 Å². The van der Waals surface area contributed by atoms with Gasteiger partial charge >= 0.3 is 5.97 Å². The third-order valence-electron chi connectivity index (χ3n) is 2.97. The molecule has 2 N–H and O–H groups in total. The molecule has 5 nitrogen and oxygen atoms in total. The molecule has 7 heteroatoms. The van der Waals surface area contributed by atoms with Gasteiger partial charge in [0.1, 0.15) is 23.9 Å². The fourth-order valence-corrected chi connectivity index (χ4v) is 2.93. The summed E-state index contributed by atoms with van der Waals surface area (Å²) in [4.78, 5) is 23.7. The number of carbonyl (C=O) groups excluding carboxylic acids is 1. The quantitative estimate of drug-likeness (QED) is 0.776. The first-order valence-electron chi connectivity index (χ1n) is 6.33. The second-order valence-corrected chi connectivity index (χ2v) is 5.59. The molecule has 112 valence electrons. The monoisotopic (exact) mass is 319 g/mol. The van der Waals surface area contributed by atoms with Crippen LogP contribution in [0.25, 0.3) is 0 Å². The Morgan fingerprint density at radius 3 is 2.73 bits per heavy atom. The van der Waals surface area contributed by atoms with Gasteiger partial charge in [0.05, 0.1) is 15.4 Å². The number of hydrogen-bond acceptors (Lipinski definition) is 4. The maximum Gasteiger partial charge on any atom is 0.322 e. The Kier molecular flexibility index (Phi) is 3.72. The van der Waals surface area contributed by atoms with Crippen LogP contribution in [0.5, 0.6) is 11.5 Å². The summed E-state index contributed by atoms with van der Waals surface area (Å²) < 4.78 is 19.7. The van der Waals surface area contributed by atoms with Crippen LogP contribution in [0.4, 0.5) is 4.39 Å². The van der Waals surface area contributed by atoms with E-state index in [0.29, 0.717) is 16.4 Å². The molecule has 0 fully saturated rings. The van der Waals surface area contributed by atoms with Gasteiger partial charge in [-0.15, -0.1) is 0 Å². The van der Waals surface area contributed by atoms with Crippen molar-refractivity contribution in [3.63, 3.8) is 0 Å². The van der Waals surface area contributed by atoms with Gasteiger partial charge in [-0.25, -0.2) is 4.39 Å². The van der Waals surface area contributed by atoms with E-state index in [1.54, 1.807) is 6.07 Å². The van der Waals surface area contributed by atoms with E-state index < -0.39 is 24.2 Å². The zero-order valence-corrected chi connectivity index (χ0v) is 11.9. The molecule has 2 aromatic carbocycles. The lowest BCUT2D eigenvalue weighted by molar-refractivity contribution is -0.135. The van der Waals surface area contributed by atoms with Crippen molar-refractivity contribution in [1.82, 2.24) is 5.32 Å². The van der Waals surface area contributed by atoms with Gasteiger partial charge in [0.15, 0.2) is 0 Å². The van der Waals surface area contributed by atoms with Crippen LogP contribution in [0, 0.1) is 5.82 Å². The summed E-state index contributed by atoms with van der Waals surface area (Å²) in [5.41, 5.74) is -0.250.